The summed E-state index contributed by atoms with van der Waals surface area (Å²) in [5, 5.41) is 12.6. The summed E-state index contributed by atoms with van der Waals surface area (Å²) in [5.74, 6) is -0.252. The molecule has 2 aliphatic rings. The Kier molecular flexibility index (Phi) is 13.8. The quantitative estimate of drug-likeness (QED) is 0.0727. The van der Waals surface area contributed by atoms with Gasteiger partial charge in [-0.2, -0.15) is 5.10 Å². The second-order valence-electron chi connectivity index (χ2n) is 11.6. The molecule has 2 aromatic rings. The molecule has 4 rings (SSSR count). The Morgan fingerprint density at radius 1 is 0.957 bits per heavy atom. The minimum atomic E-state index is -0.395. The van der Waals surface area contributed by atoms with Gasteiger partial charge in [0.2, 0.25) is 11.8 Å². The van der Waals surface area contributed by atoms with Gasteiger partial charge < -0.3 is 14.4 Å². The monoisotopic (exact) mass is 632 g/mol. The zero-order valence-electron chi connectivity index (χ0n) is 26.2. The molecule has 1 fully saturated rings. The Hall–Kier alpha value is -4.51. The third-order valence-electron chi connectivity index (χ3n) is 8.15. The molecule has 3 N–H and O–H groups in total. The minimum Gasteiger partial charge on any atom is -0.494 e. The van der Waals surface area contributed by atoms with E-state index in [1.54, 1.807) is 36.0 Å². The van der Waals surface area contributed by atoms with Crippen LogP contribution in [0.3, 0.4) is 0 Å². The van der Waals surface area contributed by atoms with Crippen molar-refractivity contribution in [2.24, 2.45) is 5.10 Å². The molecule has 0 radical (unpaired) electrons. The second-order valence-corrected chi connectivity index (χ2v) is 11.6. The van der Waals surface area contributed by atoms with E-state index in [1.807, 2.05) is 41.3 Å². The maximum Gasteiger partial charge on any atom is 0.306 e. The summed E-state index contributed by atoms with van der Waals surface area (Å²) >= 11 is 0. The van der Waals surface area contributed by atoms with Crippen molar-refractivity contribution in [2.75, 3.05) is 6.61 Å². The number of fused-ring (bicyclic) bond motifs is 1. The number of nitrogens with one attached hydrogen (secondary N) is 2. The summed E-state index contributed by atoms with van der Waals surface area (Å²) in [6.07, 6.45) is 13.3. The van der Waals surface area contributed by atoms with Crippen molar-refractivity contribution in [3.63, 3.8) is 0 Å². The summed E-state index contributed by atoms with van der Waals surface area (Å²) in [6.45, 7) is 0.913. The first-order valence-electron chi connectivity index (χ1n) is 16.1. The van der Waals surface area contributed by atoms with E-state index in [-0.39, 0.29) is 36.4 Å². The molecule has 0 spiro atoms. The number of unbranched alkanes of at least 4 members (excludes halogenated alkanes) is 2. The van der Waals surface area contributed by atoms with Gasteiger partial charge in [0.1, 0.15) is 11.9 Å². The highest BCUT2D eigenvalue weighted by Gasteiger charge is 2.35. The van der Waals surface area contributed by atoms with Gasteiger partial charge >= 0.3 is 5.97 Å². The first-order valence-corrected chi connectivity index (χ1v) is 16.1. The zero-order valence-corrected chi connectivity index (χ0v) is 26.2. The number of hydroxylamine groups is 1. The van der Waals surface area contributed by atoms with Crippen molar-refractivity contribution in [3.8, 4) is 5.75 Å². The smallest absolute Gasteiger partial charge is 0.306 e. The predicted molar refractivity (Wildman–Crippen MR) is 172 cm³/mol. The van der Waals surface area contributed by atoms with Crippen LogP contribution in [0.1, 0.15) is 98.5 Å². The average Bonchev–Trinajstić information content (AvgIpc) is 3.07. The zero-order chi connectivity index (χ0) is 32.6. The fraction of sp³-hybridized carbons (Fsp3) is 0.457. The number of carbonyl (C=O) groups excluding carboxylic acids is 4. The number of ether oxygens (including phenoxy) is 2. The Morgan fingerprint density at radius 2 is 1.70 bits per heavy atom. The van der Waals surface area contributed by atoms with Gasteiger partial charge in [0.25, 0.3) is 5.91 Å². The fourth-order valence-electron chi connectivity index (χ4n) is 5.63. The van der Waals surface area contributed by atoms with E-state index in [0.717, 1.165) is 49.7 Å². The maximum absolute atomic E-state index is 13.4. The molecular formula is C35H44N4O7. The normalized spacial score (nSPS) is 19.7. The molecule has 46 heavy (non-hydrogen) atoms. The van der Waals surface area contributed by atoms with Crippen LogP contribution in [-0.2, 0) is 25.7 Å². The molecule has 1 heterocycles. The molecule has 0 bridgehead atoms. The molecule has 0 saturated heterocycles. The van der Waals surface area contributed by atoms with Crippen molar-refractivity contribution < 1.29 is 33.9 Å². The number of hydrogen-bond donors (Lipinski definition) is 3. The van der Waals surface area contributed by atoms with Gasteiger partial charge in [-0.3, -0.25) is 24.4 Å². The third kappa shape index (κ3) is 11.1. The lowest BCUT2D eigenvalue weighted by Crippen LogP contribution is -2.49. The molecular weight excluding hydrogens is 588 g/mol. The molecule has 0 unspecified atom stereocenters. The van der Waals surface area contributed by atoms with Crippen molar-refractivity contribution in [2.45, 2.75) is 95.7 Å². The Bertz CT molecular complexity index is 1360. The number of rotatable bonds is 12. The summed E-state index contributed by atoms with van der Waals surface area (Å²) in [7, 11) is 0. The van der Waals surface area contributed by atoms with Gasteiger partial charge in [0.05, 0.1) is 18.9 Å². The van der Waals surface area contributed by atoms with E-state index in [2.05, 4.69) is 10.5 Å². The van der Waals surface area contributed by atoms with E-state index in [0.29, 0.717) is 56.6 Å². The Balaban J connectivity index is 1.27. The lowest BCUT2D eigenvalue weighted by molar-refractivity contribution is -0.159. The van der Waals surface area contributed by atoms with Gasteiger partial charge in [0, 0.05) is 31.4 Å². The molecule has 1 aliphatic carbocycles. The van der Waals surface area contributed by atoms with Crippen LogP contribution in [0.15, 0.2) is 65.8 Å². The highest BCUT2D eigenvalue weighted by atomic mass is 16.5. The van der Waals surface area contributed by atoms with E-state index < -0.39 is 5.91 Å². The Morgan fingerprint density at radius 3 is 2.46 bits per heavy atom. The van der Waals surface area contributed by atoms with E-state index in [4.69, 9.17) is 14.7 Å². The predicted octanol–water partition coefficient (Wildman–Crippen LogP) is 5.21. The largest absolute Gasteiger partial charge is 0.494 e. The lowest BCUT2D eigenvalue weighted by Gasteiger charge is -2.39. The van der Waals surface area contributed by atoms with Gasteiger partial charge in [-0.05, 0) is 86.8 Å². The molecule has 2 aromatic carbocycles. The number of carbonyl (C=O) groups is 4. The molecule has 11 heteroatoms. The first kappa shape index (κ1) is 34.4. The molecule has 0 aromatic heterocycles. The van der Waals surface area contributed by atoms with Gasteiger partial charge in [-0.1, -0.05) is 42.8 Å². The fourth-order valence-corrected chi connectivity index (χ4v) is 5.63. The molecule has 11 nitrogen and oxygen atoms in total. The Labute approximate surface area is 270 Å². The van der Waals surface area contributed by atoms with E-state index >= 15 is 0 Å². The maximum atomic E-state index is 13.4. The van der Waals surface area contributed by atoms with Gasteiger partial charge in [0.15, 0.2) is 0 Å². The van der Waals surface area contributed by atoms with E-state index in [9.17, 15) is 19.2 Å². The number of hydrogen-bond acceptors (Lipinski definition) is 8. The van der Waals surface area contributed by atoms with Crippen molar-refractivity contribution in [1.29, 1.82) is 0 Å². The lowest BCUT2D eigenvalue weighted by atomic mass is 9.90. The summed E-state index contributed by atoms with van der Waals surface area (Å²) in [5.41, 5.74) is 6.35. The minimum absolute atomic E-state index is 0.0631. The first-order chi connectivity index (χ1) is 22.4. The van der Waals surface area contributed by atoms with Crippen LogP contribution >= 0.6 is 0 Å². The van der Waals surface area contributed by atoms with Gasteiger partial charge in [-0.25, -0.2) is 10.9 Å². The van der Waals surface area contributed by atoms with Crippen LogP contribution in [0.2, 0.25) is 0 Å². The van der Waals surface area contributed by atoms with Crippen molar-refractivity contribution in [3.05, 3.63) is 77.4 Å². The highest BCUT2D eigenvalue weighted by molar-refractivity contribution is 5.95. The number of benzene rings is 2. The third-order valence-corrected chi connectivity index (χ3v) is 8.15. The van der Waals surface area contributed by atoms with Crippen LogP contribution in [0, 0.1) is 0 Å². The number of nitrogens with zero attached hydrogens (tertiary/aromatic N) is 2. The standard InChI is InChI=1S/C35H44N4O7/c40-32(38-44)12-4-3-9-23-45-29-21-19-28(20-22-29)35(43)37-36-24-26-15-17-27(18-16-26)25-39-30-10-7-8-11-31(30)46-34(42)14-6-2-1-5-13-33(39)41/h1-2,15-22,24,30-31,44H,3-14,23,25H2,(H,37,43)(H,38,40)/b2-1+,36-24+/t30-,31-/m1/s1. The molecule has 3 amide bonds. The molecule has 1 aliphatic heterocycles. The SMILES string of the molecule is O=C(CCCCCOc1ccc(C(=O)N/N=C/c2ccc(CN3C(=O)CC/C=C/CCC(=O)O[C@@H]4CCCC[C@H]43)cc2)cc1)NO. The number of allylic oxidation sites excluding steroid dienone is 2. The highest BCUT2D eigenvalue weighted by Crippen LogP contribution is 2.29. The second kappa shape index (κ2) is 18.5. The molecule has 1 saturated carbocycles. The molecule has 2 atom stereocenters. The van der Waals surface area contributed by atoms with Crippen LogP contribution < -0.4 is 15.6 Å². The summed E-state index contributed by atoms with van der Waals surface area (Å²) in [6, 6.07) is 14.3. The topological polar surface area (TPSA) is 147 Å². The van der Waals surface area contributed by atoms with Crippen LogP contribution in [0.5, 0.6) is 5.75 Å². The summed E-state index contributed by atoms with van der Waals surface area (Å²) in [4.78, 5) is 51.2. The summed E-state index contributed by atoms with van der Waals surface area (Å²) < 4.78 is 11.5. The average molecular weight is 633 g/mol. The van der Waals surface area contributed by atoms with Crippen LogP contribution in [0.4, 0.5) is 0 Å². The van der Waals surface area contributed by atoms with Crippen molar-refractivity contribution in [1.82, 2.24) is 15.8 Å². The van der Waals surface area contributed by atoms with Crippen LogP contribution in [0.25, 0.3) is 0 Å². The molecule has 246 valence electrons. The number of amides is 3. The van der Waals surface area contributed by atoms with E-state index in [1.165, 1.54) is 0 Å². The van der Waals surface area contributed by atoms with Gasteiger partial charge in [-0.15, -0.1) is 0 Å². The van der Waals surface area contributed by atoms with Crippen LogP contribution in [-0.4, -0.2) is 58.8 Å². The number of hydrazone groups is 1. The number of esters is 1. The van der Waals surface area contributed by atoms with Crippen molar-refractivity contribution >= 4 is 29.9 Å².